The van der Waals surface area contributed by atoms with Crippen molar-refractivity contribution in [3.63, 3.8) is 0 Å². The van der Waals surface area contributed by atoms with Crippen LogP contribution in [0.25, 0.3) is 0 Å². The molecule has 1 amide bonds. The Balaban J connectivity index is 1.97. The van der Waals surface area contributed by atoms with Crippen molar-refractivity contribution in [2.24, 2.45) is 0 Å². The van der Waals surface area contributed by atoms with E-state index in [2.05, 4.69) is 20.5 Å². The number of nitrogens with zero attached hydrogens (tertiary/aromatic N) is 2. The fourth-order valence-corrected chi connectivity index (χ4v) is 1.48. The quantitative estimate of drug-likeness (QED) is 0.824. The van der Waals surface area contributed by atoms with Crippen molar-refractivity contribution in [2.75, 3.05) is 0 Å². The van der Waals surface area contributed by atoms with Crippen LogP contribution in [-0.4, -0.2) is 21.1 Å². The van der Waals surface area contributed by atoms with E-state index in [1.54, 1.807) is 0 Å². The van der Waals surface area contributed by atoms with E-state index in [9.17, 15) is 4.79 Å². The second-order valence-corrected chi connectivity index (χ2v) is 3.77. The van der Waals surface area contributed by atoms with Gasteiger partial charge in [-0.15, -0.1) is 0 Å². The lowest BCUT2D eigenvalue weighted by atomic mass is 10.1. The molecule has 0 atom stereocenters. The molecule has 5 nitrogen and oxygen atoms in total. The van der Waals surface area contributed by atoms with Crippen LogP contribution in [0.1, 0.15) is 24.1 Å². The summed E-state index contributed by atoms with van der Waals surface area (Å²) >= 11 is 0. The molecule has 2 rings (SSSR count). The fourth-order valence-electron chi connectivity index (χ4n) is 1.48. The van der Waals surface area contributed by atoms with Crippen LogP contribution in [-0.2, 0) is 17.8 Å². The lowest BCUT2D eigenvalue weighted by Crippen LogP contribution is -2.19. The Kier molecular flexibility index (Phi) is 3.49. The van der Waals surface area contributed by atoms with Crippen LogP contribution in [0.2, 0.25) is 0 Å². The molecule has 0 aliphatic heterocycles. The Morgan fingerprint density at radius 3 is 2.82 bits per heavy atom. The first-order valence-corrected chi connectivity index (χ1v) is 5.42. The maximum atomic E-state index is 10.7. The second kappa shape index (κ2) is 5.25. The minimum atomic E-state index is -0.0778. The van der Waals surface area contributed by atoms with Gasteiger partial charge in [0.15, 0.2) is 5.82 Å². The highest BCUT2D eigenvalue weighted by atomic mass is 16.1. The molecular weight excluding hydrogens is 216 g/mol. The molecule has 1 aromatic carbocycles. The maximum Gasteiger partial charge on any atom is 0.217 e. The van der Waals surface area contributed by atoms with Gasteiger partial charge in [0.1, 0.15) is 5.82 Å². The minimum absolute atomic E-state index is 0.0778. The van der Waals surface area contributed by atoms with Gasteiger partial charge in [0.2, 0.25) is 5.91 Å². The molecule has 0 spiro atoms. The van der Waals surface area contributed by atoms with Crippen molar-refractivity contribution in [3.05, 3.63) is 47.5 Å². The summed E-state index contributed by atoms with van der Waals surface area (Å²) < 4.78 is 0. The number of amides is 1. The Hall–Kier alpha value is -2.17. The number of hydrogen-bond acceptors (Lipinski definition) is 3. The number of H-pyrrole nitrogens is 1. The van der Waals surface area contributed by atoms with Gasteiger partial charge >= 0.3 is 0 Å². The average Bonchev–Trinajstić information content (AvgIpc) is 2.75. The summed E-state index contributed by atoms with van der Waals surface area (Å²) in [5.41, 5.74) is 1.16. The zero-order valence-corrected chi connectivity index (χ0v) is 9.60. The number of aromatic amines is 1. The lowest BCUT2D eigenvalue weighted by molar-refractivity contribution is -0.119. The van der Waals surface area contributed by atoms with Crippen LogP contribution < -0.4 is 5.32 Å². The third-order valence-electron chi connectivity index (χ3n) is 2.29. The SMILES string of the molecule is CC(=O)NCc1nc(Cc2ccccc2)n[nH]1. The highest BCUT2D eigenvalue weighted by Gasteiger charge is 2.04. The first-order chi connectivity index (χ1) is 8.24. The van der Waals surface area contributed by atoms with Crippen LogP contribution >= 0.6 is 0 Å². The number of hydrogen-bond donors (Lipinski definition) is 2. The average molecular weight is 230 g/mol. The predicted molar refractivity (Wildman–Crippen MR) is 63.2 cm³/mol. The van der Waals surface area contributed by atoms with E-state index in [1.165, 1.54) is 6.92 Å². The van der Waals surface area contributed by atoms with E-state index < -0.39 is 0 Å². The molecular formula is C12H14N4O. The van der Waals surface area contributed by atoms with E-state index in [0.717, 1.165) is 11.4 Å². The molecule has 0 aliphatic carbocycles. The van der Waals surface area contributed by atoms with E-state index >= 15 is 0 Å². The third-order valence-corrected chi connectivity index (χ3v) is 2.29. The lowest BCUT2D eigenvalue weighted by Gasteiger charge is -1.96. The molecule has 0 unspecified atom stereocenters. The normalized spacial score (nSPS) is 10.2. The van der Waals surface area contributed by atoms with Crippen LogP contribution in [0.3, 0.4) is 0 Å². The van der Waals surface area contributed by atoms with Gasteiger partial charge in [0, 0.05) is 13.3 Å². The molecule has 5 heteroatoms. The number of aromatic nitrogens is 3. The van der Waals surface area contributed by atoms with Crippen LogP contribution in [0.15, 0.2) is 30.3 Å². The second-order valence-electron chi connectivity index (χ2n) is 3.77. The first kappa shape index (κ1) is 11.3. The molecule has 0 saturated heterocycles. The molecule has 2 N–H and O–H groups in total. The molecule has 17 heavy (non-hydrogen) atoms. The Labute approximate surface area is 99.3 Å². The van der Waals surface area contributed by atoms with Crippen LogP contribution in [0.4, 0.5) is 0 Å². The monoisotopic (exact) mass is 230 g/mol. The van der Waals surface area contributed by atoms with E-state index in [4.69, 9.17) is 0 Å². The summed E-state index contributed by atoms with van der Waals surface area (Å²) in [7, 11) is 0. The number of rotatable bonds is 4. The highest BCUT2D eigenvalue weighted by molar-refractivity contribution is 5.72. The largest absolute Gasteiger partial charge is 0.349 e. The van der Waals surface area contributed by atoms with Crippen LogP contribution in [0.5, 0.6) is 0 Å². The Bertz CT molecular complexity index is 492. The van der Waals surface area contributed by atoms with Gasteiger partial charge in [-0.2, -0.15) is 5.10 Å². The van der Waals surface area contributed by atoms with Gasteiger partial charge < -0.3 is 5.32 Å². The molecule has 0 saturated carbocycles. The molecule has 1 heterocycles. The molecule has 0 radical (unpaired) electrons. The summed E-state index contributed by atoms with van der Waals surface area (Å²) in [6, 6.07) is 10.0. The summed E-state index contributed by atoms with van der Waals surface area (Å²) in [6.07, 6.45) is 0.692. The molecule has 1 aromatic heterocycles. The van der Waals surface area contributed by atoms with Gasteiger partial charge in [-0.1, -0.05) is 30.3 Å². The number of carbonyl (C=O) groups excluding carboxylic acids is 1. The smallest absolute Gasteiger partial charge is 0.217 e. The zero-order valence-electron chi connectivity index (χ0n) is 9.60. The van der Waals surface area contributed by atoms with Crippen molar-refractivity contribution in [2.45, 2.75) is 19.9 Å². The van der Waals surface area contributed by atoms with Crippen molar-refractivity contribution < 1.29 is 4.79 Å². The van der Waals surface area contributed by atoms with Crippen LogP contribution in [0, 0.1) is 0 Å². The molecule has 2 aromatic rings. The molecule has 0 fully saturated rings. The summed E-state index contributed by atoms with van der Waals surface area (Å²) in [5.74, 6) is 1.33. The van der Waals surface area contributed by atoms with Gasteiger partial charge in [-0.25, -0.2) is 4.98 Å². The van der Waals surface area contributed by atoms with Gasteiger partial charge in [0.05, 0.1) is 6.54 Å². The topological polar surface area (TPSA) is 70.7 Å². The predicted octanol–water partition coefficient (Wildman–Crippen LogP) is 1.03. The molecule has 0 aliphatic rings. The number of nitrogens with one attached hydrogen (secondary N) is 2. The van der Waals surface area contributed by atoms with Gasteiger partial charge in [-0.3, -0.25) is 9.89 Å². The van der Waals surface area contributed by atoms with E-state index in [1.807, 2.05) is 30.3 Å². The van der Waals surface area contributed by atoms with E-state index in [0.29, 0.717) is 18.8 Å². The van der Waals surface area contributed by atoms with E-state index in [-0.39, 0.29) is 5.91 Å². The maximum absolute atomic E-state index is 10.7. The molecule has 0 bridgehead atoms. The third kappa shape index (κ3) is 3.41. The van der Waals surface area contributed by atoms with Crippen molar-refractivity contribution >= 4 is 5.91 Å². The van der Waals surface area contributed by atoms with Crippen molar-refractivity contribution in [3.8, 4) is 0 Å². The Morgan fingerprint density at radius 2 is 2.12 bits per heavy atom. The summed E-state index contributed by atoms with van der Waals surface area (Å²) in [6.45, 7) is 1.86. The number of carbonyl (C=O) groups is 1. The standard InChI is InChI=1S/C12H14N4O/c1-9(17)13-8-12-14-11(15-16-12)7-10-5-3-2-4-6-10/h2-6H,7-8H2,1H3,(H,13,17)(H,14,15,16). The van der Waals surface area contributed by atoms with Gasteiger partial charge in [-0.05, 0) is 5.56 Å². The minimum Gasteiger partial charge on any atom is -0.349 e. The van der Waals surface area contributed by atoms with Crippen molar-refractivity contribution in [1.82, 2.24) is 20.5 Å². The number of benzene rings is 1. The van der Waals surface area contributed by atoms with Crippen molar-refractivity contribution in [1.29, 1.82) is 0 Å². The van der Waals surface area contributed by atoms with Gasteiger partial charge in [0.25, 0.3) is 0 Å². The first-order valence-electron chi connectivity index (χ1n) is 5.42. The fraction of sp³-hybridized carbons (Fsp3) is 0.250. The summed E-state index contributed by atoms with van der Waals surface area (Å²) in [4.78, 5) is 15.0. The highest BCUT2D eigenvalue weighted by Crippen LogP contribution is 2.04. The zero-order chi connectivity index (χ0) is 12.1. The Morgan fingerprint density at radius 1 is 1.35 bits per heavy atom. The molecule has 88 valence electrons. The summed E-state index contributed by atoms with van der Waals surface area (Å²) in [5, 5.41) is 9.57.